The maximum absolute atomic E-state index is 12.5. The van der Waals surface area contributed by atoms with Gasteiger partial charge in [0, 0.05) is 12.5 Å². The second kappa shape index (κ2) is 5.21. The number of nitrogens with two attached hydrogens (primary N) is 1. The Morgan fingerprint density at radius 1 is 1.44 bits per heavy atom. The number of carbonyl (C=O) groups excluding carboxylic acids is 1. The first-order valence-corrected chi connectivity index (χ1v) is 7.20. The minimum atomic E-state index is -0.458. The summed E-state index contributed by atoms with van der Waals surface area (Å²) in [6, 6.07) is -0.403. The van der Waals surface area contributed by atoms with E-state index in [2.05, 4.69) is 6.92 Å². The highest BCUT2D eigenvalue weighted by Crippen LogP contribution is 2.40. The van der Waals surface area contributed by atoms with E-state index < -0.39 is 13.0 Å². The number of hydrogen-bond donors (Lipinski definition) is 2. The Hall–Kier alpha value is -0.545. The number of amides is 1. The summed E-state index contributed by atoms with van der Waals surface area (Å²) in [6.07, 6.45) is 6.33. The van der Waals surface area contributed by atoms with Gasteiger partial charge in [-0.1, -0.05) is 26.6 Å². The summed E-state index contributed by atoms with van der Waals surface area (Å²) in [5.41, 5.74) is 6.19. The first-order chi connectivity index (χ1) is 8.46. The van der Waals surface area contributed by atoms with E-state index in [1.807, 2.05) is 4.90 Å². The molecular formula is C13H25BN2O2. The molecule has 1 saturated heterocycles. The van der Waals surface area contributed by atoms with Crippen LogP contribution in [-0.2, 0) is 4.79 Å². The van der Waals surface area contributed by atoms with Gasteiger partial charge in [-0.25, -0.2) is 0 Å². The Kier molecular flexibility index (Phi) is 4.02. The number of rotatable bonds is 3. The van der Waals surface area contributed by atoms with Crippen molar-refractivity contribution < 1.29 is 9.82 Å². The maximum Gasteiger partial charge on any atom is 0.309 e. The monoisotopic (exact) mass is 252 g/mol. The second-order valence-corrected chi connectivity index (χ2v) is 6.32. The van der Waals surface area contributed by atoms with Crippen molar-refractivity contribution >= 4 is 12.8 Å². The highest BCUT2D eigenvalue weighted by Gasteiger charge is 2.43. The lowest BCUT2D eigenvalue weighted by atomic mass is 9.62. The molecule has 1 aliphatic carbocycles. The molecule has 5 heteroatoms. The summed E-state index contributed by atoms with van der Waals surface area (Å²) >= 11 is 0. The third kappa shape index (κ3) is 2.43. The lowest BCUT2D eigenvalue weighted by Crippen LogP contribution is -2.55. The molecule has 0 spiro atoms. The first-order valence-electron chi connectivity index (χ1n) is 7.20. The predicted molar refractivity (Wildman–Crippen MR) is 73.1 cm³/mol. The zero-order chi connectivity index (χ0) is 13.3. The molecule has 102 valence electrons. The molecule has 2 aliphatic rings. The molecule has 1 amide bonds. The van der Waals surface area contributed by atoms with Gasteiger partial charge in [0.05, 0.1) is 6.04 Å². The Balaban J connectivity index is 2.06. The van der Waals surface area contributed by atoms with Crippen LogP contribution >= 0.6 is 0 Å². The van der Waals surface area contributed by atoms with Gasteiger partial charge in [-0.05, 0) is 31.1 Å². The quantitative estimate of drug-likeness (QED) is 0.737. The second-order valence-electron chi connectivity index (χ2n) is 6.32. The van der Waals surface area contributed by atoms with Gasteiger partial charge in [-0.2, -0.15) is 0 Å². The maximum atomic E-state index is 12.5. The molecule has 0 aromatic heterocycles. The van der Waals surface area contributed by atoms with E-state index in [0.29, 0.717) is 0 Å². The molecule has 2 atom stereocenters. The van der Waals surface area contributed by atoms with Crippen LogP contribution in [0.25, 0.3) is 0 Å². The predicted octanol–water partition coefficient (Wildman–Crippen LogP) is 1.04. The lowest BCUT2D eigenvalue weighted by Gasteiger charge is -2.35. The van der Waals surface area contributed by atoms with E-state index in [9.17, 15) is 9.82 Å². The average Bonchev–Trinajstić information content (AvgIpc) is 2.96. The Morgan fingerprint density at radius 2 is 2.06 bits per heavy atom. The summed E-state index contributed by atoms with van der Waals surface area (Å²) in [6.45, 7) is 4.19. The third-order valence-corrected chi connectivity index (χ3v) is 4.90. The van der Waals surface area contributed by atoms with Crippen molar-refractivity contribution in [3.8, 4) is 0 Å². The number of likely N-dealkylation sites (tertiary alicyclic amines) is 1. The van der Waals surface area contributed by atoms with E-state index >= 15 is 0 Å². The topological polar surface area (TPSA) is 66.6 Å². The average molecular weight is 252 g/mol. The normalized spacial score (nSPS) is 28.4. The van der Waals surface area contributed by atoms with Gasteiger partial charge in [0.25, 0.3) is 0 Å². The van der Waals surface area contributed by atoms with Crippen molar-refractivity contribution in [3.63, 3.8) is 0 Å². The molecule has 3 N–H and O–H groups in total. The van der Waals surface area contributed by atoms with Gasteiger partial charge in [0.2, 0.25) is 5.91 Å². The van der Waals surface area contributed by atoms with Crippen LogP contribution in [0.15, 0.2) is 0 Å². The Morgan fingerprint density at radius 3 is 2.61 bits per heavy atom. The summed E-state index contributed by atoms with van der Waals surface area (Å²) in [5, 5.41) is 9.75. The molecule has 0 bridgehead atoms. The molecule has 1 aliphatic heterocycles. The van der Waals surface area contributed by atoms with Gasteiger partial charge < -0.3 is 15.7 Å². The molecule has 1 heterocycles. The number of nitrogens with zero attached hydrogens (tertiary/aromatic N) is 1. The molecule has 18 heavy (non-hydrogen) atoms. The van der Waals surface area contributed by atoms with Crippen molar-refractivity contribution in [1.82, 2.24) is 4.90 Å². The van der Waals surface area contributed by atoms with E-state index in [1.165, 1.54) is 12.8 Å². The fraction of sp³-hybridized carbons (Fsp3) is 0.923. The molecule has 0 unspecified atom stereocenters. The van der Waals surface area contributed by atoms with Gasteiger partial charge in [0.1, 0.15) is 0 Å². The van der Waals surface area contributed by atoms with E-state index in [1.54, 1.807) is 6.82 Å². The van der Waals surface area contributed by atoms with E-state index in [-0.39, 0.29) is 17.3 Å². The van der Waals surface area contributed by atoms with Crippen LogP contribution in [0.3, 0.4) is 0 Å². The molecule has 0 aromatic carbocycles. The molecule has 4 nitrogen and oxygen atoms in total. The number of carbonyl (C=O) groups is 1. The number of hydrogen-bond acceptors (Lipinski definition) is 3. The van der Waals surface area contributed by atoms with Crippen LogP contribution in [0.2, 0.25) is 6.82 Å². The van der Waals surface area contributed by atoms with Crippen LogP contribution in [0.4, 0.5) is 0 Å². The molecule has 2 fully saturated rings. The fourth-order valence-corrected chi connectivity index (χ4v) is 3.54. The molecule has 1 saturated carbocycles. The summed E-state index contributed by atoms with van der Waals surface area (Å²) in [4.78, 5) is 14.4. The summed E-state index contributed by atoms with van der Waals surface area (Å²) in [7, 11) is 0. The standard InChI is InChI=1S/C13H25BN2O2/c1-13(7-3-4-8-13)11(15)12(17)16-9-5-6-10(16)14(2)18/h10-11,18H,3-9,15H2,1-2H3/t10-,11+/m0/s1. The van der Waals surface area contributed by atoms with E-state index in [0.717, 1.165) is 32.2 Å². The van der Waals surface area contributed by atoms with Gasteiger partial charge in [-0.15, -0.1) is 0 Å². The largest absolute Gasteiger partial charge is 0.449 e. The van der Waals surface area contributed by atoms with Crippen molar-refractivity contribution in [2.75, 3.05) is 6.54 Å². The fourth-order valence-electron chi connectivity index (χ4n) is 3.54. The van der Waals surface area contributed by atoms with Crippen molar-refractivity contribution in [2.24, 2.45) is 11.1 Å². The molecule has 2 rings (SSSR count). The molecule has 0 radical (unpaired) electrons. The van der Waals surface area contributed by atoms with Crippen molar-refractivity contribution in [2.45, 2.75) is 64.3 Å². The summed E-state index contributed by atoms with van der Waals surface area (Å²) < 4.78 is 0. The van der Waals surface area contributed by atoms with Gasteiger partial charge >= 0.3 is 6.92 Å². The van der Waals surface area contributed by atoms with Crippen LogP contribution < -0.4 is 5.73 Å². The Bertz CT molecular complexity index is 312. The van der Waals surface area contributed by atoms with Gasteiger partial charge in [-0.3, -0.25) is 4.79 Å². The van der Waals surface area contributed by atoms with Crippen LogP contribution in [0.5, 0.6) is 0 Å². The van der Waals surface area contributed by atoms with Crippen LogP contribution in [-0.4, -0.2) is 41.3 Å². The molecular weight excluding hydrogens is 227 g/mol. The zero-order valence-electron chi connectivity index (χ0n) is 11.6. The minimum absolute atomic E-state index is 0.0337. The zero-order valence-corrected chi connectivity index (χ0v) is 11.6. The Labute approximate surface area is 110 Å². The van der Waals surface area contributed by atoms with Crippen LogP contribution in [0, 0.1) is 5.41 Å². The third-order valence-electron chi connectivity index (χ3n) is 4.90. The highest BCUT2D eigenvalue weighted by molar-refractivity contribution is 6.51. The SMILES string of the molecule is CB(O)[C@@H]1CCCN1C(=O)[C@@H](N)C1(C)CCCC1. The first kappa shape index (κ1) is 13.9. The van der Waals surface area contributed by atoms with E-state index in [4.69, 9.17) is 5.73 Å². The smallest absolute Gasteiger partial charge is 0.309 e. The minimum Gasteiger partial charge on any atom is -0.449 e. The van der Waals surface area contributed by atoms with Gasteiger partial charge in [0.15, 0.2) is 0 Å². The van der Waals surface area contributed by atoms with Crippen molar-refractivity contribution in [3.05, 3.63) is 0 Å². The lowest BCUT2D eigenvalue weighted by molar-refractivity contribution is -0.135. The van der Waals surface area contributed by atoms with Crippen LogP contribution in [0.1, 0.15) is 45.4 Å². The highest BCUT2D eigenvalue weighted by atomic mass is 16.2. The molecule has 0 aromatic rings. The summed E-state index contributed by atoms with van der Waals surface area (Å²) in [5.74, 6) is 0.0105. The van der Waals surface area contributed by atoms with Crippen molar-refractivity contribution in [1.29, 1.82) is 0 Å².